The Bertz CT molecular complexity index is 470. The maximum atomic E-state index is 11.7. The van der Waals surface area contributed by atoms with Crippen LogP contribution in [0, 0.1) is 0 Å². The summed E-state index contributed by atoms with van der Waals surface area (Å²) >= 11 is 0. The summed E-state index contributed by atoms with van der Waals surface area (Å²) in [5.74, 6) is 0.0252. The fraction of sp³-hybridized carbons (Fsp3) is 0.385. The molecule has 0 aromatic heterocycles. The minimum Gasteiger partial charge on any atom is -0.326 e. The van der Waals surface area contributed by atoms with Crippen LogP contribution >= 0.6 is 0 Å². The molecule has 1 saturated heterocycles. The highest BCUT2D eigenvalue weighted by molar-refractivity contribution is 5.97. The second-order valence-corrected chi connectivity index (χ2v) is 4.56. The van der Waals surface area contributed by atoms with Crippen LogP contribution in [-0.2, 0) is 9.59 Å². The van der Waals surface area contributed by atoms with Gasteiger partial charge in [0.25, 0.3) is 0 Å². The van der Waals surface area contributed by atoms with E-state index >= 15 is 0 Å². The molecule has 2 rings (SSSR count). The molecule has 1 heterocycles. The molecule has 96 valence electrons. The van der Waals surface area contributed by atoms with Crippen molar-refractivity contribution in [2.24, 2.45) is 5.73 Å². The van der Waals surface area contributed by atoms with Crippen LogP contribution in [0.15, 0.2) is 24.3 Å². The van der Waals surface area contributed by atoms with Crippen molar-refractivity contribution in [3.05, 3.63) is 24.3 Å². The van der Waals surface area contributed by atoms with Crippen LogP contribution in [0.5, 0.6) is 0 Å². The molecular formula is C13H17N3O2. The molecule has 1 fully saturated rings. The van der Waals surface area contributed by atoms with Crippen LogP contribution < -0.4 is 15.5 Å². The first-order valence-electron chi connectivity index (χ1n) is 5.89. The van der Waals surface area contributed by atoms with E-state index in [-0.39, 0.29) is 17.9 Å². The second-order valence-electron chi connectivity index (χ2n) is 4.56. The maximum Gasteiger partial charge on any atom is 0.228 e. The first-order valence-corrected chi connectivity index (χ1v) is 5.89. The van der Waals surface area contributed by atoms with Crippen molar-refractivity contribution in [2.75, 3.05) is 23.4 Å². The van der Waals surface area contributed by atoms with Crippen LogP contribution in [0.4, 0.5) is 11.4 Å². The Balaban J connectivity index is 2.18. The topological polar surface area (TPSA) is 66.6 Å². The lowest BCUT2D eigenvalue weighted by Crippen LogP contribution is -2.28. The lowest BCUT2D eigenvalue weighted by molar-refractivity contribution is -0.117. The standard InChI is InChI=1S/C13H17N3O2/c1-9(17)15(2)11-3-5-12(6-4-11)16-8-10(14)7-13(16)18/h3-6,10H,7-8,14H2,1-2H3. The average molecular weight is 247 g/mol. The van der Waals surface area contributed by atoms with Crippen molar-refractivity contribution in [1.29, 1.82) is 0 Å². The molecule has 18 heavy (non-hydrogen) atoms. The smallest absolute Gasteiger partial charge is 0.228 e. The molecule has 5 nitrogen and oxygen atoms in total. The number of nitrogens with zero attached hydrogens (tertiary/aromatic N) is 2. The van der Waals surface area contributed by atoms with Gasteiger partial charge in [-0.25, -0.2) is 0 Å². The zero-order valence-electron chi connectivity index (χ0n) is 10.6. The van der Waals surface area contributed by atoms with Gasteiger partial charge < -0.3 is 15.5 Å². The molecule has 0 aliphatic carbocycles. The van der Waals surface area contributed by atoms with Crippen LogP contribution in [0.2, 0.25) is 0 Å². The van der Waals surface area contributed by atoms with E-state index in [4.69, 9.17) is 5.73 Å². The molecule has 1 unspecified atom stereocenters. The summed E-state index contributed by atoms with van der Waals surface area (Å²) in [5.41, 5.74) is 7.39. The third kappa shape index (κ3) is 2.36. The van der Waals surface area contributed by atoms with Crippen molar-refractivity contribution >= 4 is 23.2 Å². The molecule has 1 atom stereocenters. The number of amides is 2. The number of rotatable bonds is 2. The first-order chi connectivity index (χ1) is 8.49. The van der Waals surface area contributed by atoms with Gasteiger partial charge in [0.1, 0.15) is 0 Å². The first kappa shape index (κ1) is 12.6. The summed E-state index contributed by atoms with van der Waals surface area (Å²) in [6.45, 7) is 2.07. The Morgan fingerprint density at radius 3 is 2.44 bits per heavy atom. The second kappa shape index (κ2) is 4.78. The van der Waals surface area contributed by atoms with Gasteiger partial charge in [-0.05, 0) is 24.3 Å². The van der Waals surface area contributed by atoms with Crippen molar-refractivity contribution in [3.8, 4) is 0 Å². The van der Waals surface area contributed by atoms with Gasteiger partial charge in [0.05, 0.1) is 0 Å². The molecule has 5 heteroatoms. The molecule has 1 aromatic carbocycles. The average Bonchev–Trinajstić information content (AvgIpc) is 2.67. The van der Waals surface area contributed by atoms with Crippen LogP contribution in [0.25, 0.3) is 0 Å². The van der Waals surface area contributed by atoms with Crippen molar-refractivity contribution < 1.29 is 9.59 Å². The molecule has 0 radical (unpaired) electrons. The fourth-order valence-corrected chi connectivity index (χ4v) is 2.02. The van der Waals surface area contributed by atoms with Crippen molar-refractivity contribution in [3.63, 3.8) is 0 Å². The number of hydrogen-bond donors (Lipinski definition) is 1. The van der Waals surface area contributed by atoms with Gasteiger partial charge in [0.15, 0.2) is 0 Å². The van der Waals surface area contributed by atoms with Crippen LogP contribution in [0.1, 0.15) is 13.3 Å². The Morgan fingerprint density at radius 2 is 2.00 bits per heavy atom. The Morgan fingerprint density at radius 1 is 1.39 bits per heavy atom. The fourth-order valence-electron chi connectivity index (χ4n) is 2.02. The van der Waals surface area contributed by atoms with Crippen molar-refractivity contribution in [2.45, 2.75) is 19.4 Å². The number of benzene rings is 1. The van der Waals surface area contributed by atoms with E-state index < -0.39 is 0 Å². The van der Waals surface area contributed by atoms with Gasteiger partial charge in [-0.3, -0.25) is 9.59 Å². The van der Waals surface area contributed by atoms with E-state index in [2.05, 4.69) is 0 Å². The van der Waals surface area contributed by atoms with Crippen molar-refractivity contribution in [1.82, 2.24) is 0 Å². The Hall–Kier alpha value is -1.88. The maximum absolute atomic E-state index is 11.7. The van der Waals surface area contributed by atoms with Crippen LogP contribution in [-0.4, -0.2) is 31.4 Å². The zero-order valence-corrected chi connectivity index (χ0v) is 10.6. The largest absolute Gasteiger partial charge is 0.326 e. The lowest BCUT2D eigenvalue weighted by Gasteiger charge is -2.19. The van der Waals surface area contributed by atoms with E-state index in [9.17, 15) is 9.59 Å². The molecule has 2 N–H and O–H groups in total. The molecule has 0 spiro atoms. The van der Waals surface area contributed by atoms with Gasteiger partial charge in [-0.15, -0.1) is 0 Å². The van der Waals surface area contributed by atoms with E-state index in [1.165, 1.54) is 6.92 Å². The third-order valence-corrected chi connectivity index (χ3v) is 3.18. The Labute approximate surface area is 106 Å². The molecule has 1 aliphatic rings. The predicted octanol–water partition coefficient (Wildman–Crippen LogP) is 0.733. The van der Waals surface area contributed by atoms with Gasteiger partial charge in [0, 0.05) is 44.4 Å². The highest BCUT2D eigenvalue weighted by Gasteiger charge is 2.27. The summed E-state index contributed by atoms with van der Waals surface area (Å²) in [4.78, 5) is 26.2. The molecule has 0 saturated carbocycles. The lowest BCUT2D eigenvalue weighted by atomic mass is 10.2. The Kier molecular flexibility index (Phi) is 3.34. The normalized spacial score (nSPS) is 19.2. The molecular weight excluding hydrogens is 230 g/mol. The van der Waals surface area contributed by atoms with Gasteiger partial charge in [0.2, 0.25) is 11.8 Å². The number of nitrogens with two attached hydrogens (primary N) is 1. The van der Waals surface area contributed by atoms with E-state index in [1.807, 2.05) is 24.3 Å². The monoisotopic (exact) mass is 247 g/mol. The molecule has 1 aliphatic heterocycles. The molecule has 1 aromatic rings. The summed E-state index contributed by atoms with van der Waals surface area (Å²) in [5, 5.41) is 0. The number of carbonyl (C=O) groups is 2. The quantitative estimate of drug-likeness (QED) is 0.838. The predicted molar refractivity (Wildman–Crippen MR) is 70.5 cm³/mol. The minimum atomic E-state index is -0.0860. The van der Waals surface area contributed by atoms with Gasteiger partial charge in [-0.2, -0.15) is 0 Å². The summed E-state index contributed by atoms with van der Waals surface area (Å²) in [6, 6.07) is 7.24. The number of carbonyl (C=O) groups excluding carboxylic acids is 2. The van der Waals surface area contributed by atoms with E-state index in [0.29, 0.717) is 13.0 Å². The summed E-state index contributed by atoms with van der Waals surface area (Å²) in [6.07, 6.45) is 0.398. The highest BCUT2D eigenvalue weighted by atomic mass is 16.2. The SMILES string of the molecule is CC(=O)N(C)c1ccc(N2CC(N)CC2=O)cc1. The zero-order chi connectivity index (χ0) is 13.3. The van der Waals surface area contributed by atoms with Crippen LogP contribution in [0.3, 0.4) is 0 Å². The molecule has 2 amide bonds. The summed E-state index contributed by atoms with van der Waals surface area (Å²) in [7, 11) is 1.72. The van der Waals surface area contributed by atoms with E-state index in [1.54, 1.807) is 16.8 Å². The minimum absolute atomic E-state index is 0.0259. The number of anilines is 2. The third-order valence-electron chi connectivity index (χ3n) is 3.18. The summed E-state index contributed by atoms with van der Waals surface area (Å²) < 4.78 is 0. The highest BCUT2D eigenvalue weighted by Crippen LogP contribution is 2.23. The van der Waals surface area contributed by atoms with Gasteiger partial charge >= 0.3 is 0 Å². The van der Waals surface area contributed by atoms with E-state index in [0.717, 1.165) is 11.4 Å². The van der Waals surface area contributed by atoms with Gasteiger partial charge in [-0.1, -0.05) is 0 Å². The number of hydrogen-bond acceptors (Lipinski definition) is 3. The molecule has 0 bridgehead atoms.